The third kappa shape index (κ3) is 3.73. The van der Waals surface area contributed by atoms with E-state index in [2.05, 4.69) is 0 Å². The highest BCUT2D eigenvalue weighted by Crippen LogP contribution is 2.20. The Morgan fingerprint density at radius 2 is 2.00 bits per heavy atom. The summed E-state index contributed by atoms with van der Waals surface area (Å²) >= 11 is 0. The van der Waals surface area contributed by atoms with Crippen LogP contribution in [0, 0.1) is 0 Å². The van der Waals surface area contributed by atoms with Gasteiger partial charge in [0.2, 0.25) is 10.0 Å². The van der Waals surface area contributed by atoms with Crippen molar-refractivity contribution in [2.24, 2.45) is 0 Å². The van der Waals surface area contributed by atoms with Gasteiger partial charge in [-0.1, -0.05) is 0 Å². The molecule has 2 rings (SSSR count). The van der Waals surface area contributed by atoms with Crippen LogP contribution in [0.5, 0.6) is 0 Å². The van der Waals surface area contributed by atoms with E-state index in [1.54, 1.807) is 18.9 Å². The minimum Gasteiger partial charge on any atom is -0.478 e. The maximum absolute atomic E-state index is 12.3. The quantitative estimate of drug-likeness (QED) is 0.849. The lowest BCUT2D eigenvalue weighted by atomic mass is 10.1. The van der Waals surface area contributed by atoms with E-state index in [0.717, 1.165) is 6.26 Å². The van der Waals surface area contributed by atoms with Crippen LogP contribution in [0.25, 0.3) is 0 Å². The molecule has 1 aliphatic rings. The molecule has 0 aliphatic carbocycles. The predicted octanol–water partition coefficient (Wildman–Crippen LogP) is 0.864. The molecule has 1 aromatic heterocycles. The number of nitrogens with zero attached hydrogens (tertiary/aromatic N) is 2. The van der Waals surface area contributed by atoms with Crippen LogP contribution < -0.4 is 0 Å². The fourth-order valence-electron chi connectivity index (χ4n) is 2.58. The second-order valence-electron chi connectivity index (χ2n) is 5.44. The molecule has 0 spiro atoms. The van der Waals surface area contributed by atoms with Crippen LogP contribution in [0.3, 0.4) is 0 Å². The number of sulfonamides is 1. The lowest BCUT2D eigenvalue weighted by Gasteiger charge is -2.35. The summed E-state index contributed by atoms with van der Waals surface area (Å²) < 4.78 is 30.1. The number of rotatable bonds is 5. The van der Waals surface area contributed by atoms with Gasteiger partial charge in [-0.15, -0.1) is 0 Å². The number of aromatic carboxylic acids is 1. The molecule has 0 unspecified atom stereocenters. The van der Waals surface area contributed by atoms with Crippen molar-refractivity contribution in [3.63, 3.8) is 0 Å². The fraction of sp³-hybridized carbons (Fsp3) is 0.571. The molecule has 1 fully saturated rings. The smallest absolute Gasteiger partial charge is 0.338 e. The van der Waals surface area contributed by atoms with Gasteiger partial charge in [0.05, 0.1) is 11.3 Å². The Morgan fingerprint density at radius 1 is 1.39 bits per heavy atom. The molecule has 1 saturated heterocycles. The number of amides is 1. The monoisotopic (exact) mass is 344 g/mol. The third-order valence-electron chi connectivity index (χ3n) is 4.13. The van der Waals surface area contributed by atoms with Crippen LogP contribution in [0.15, 0.2) is 16.7 Å². The van der Waals surface area contributed by atoms with Gasteiger partial charge in [0.15, 0.2) is 5.76 Å². The topological polar surface area (TPSA) is 108 Å². The number of carboxylic acid groups (broad SMARTS) is 1. The normalized spacial score (nSPS) is 16.7. The number of hydrogen-bond acceptors (Lipinski definition) is 5. The second kappa shape index (κ2) is 6.71. The SMILES string of the molecule is CCS(=O)(=O)N(C)C1CCN(C(=O)c2cc(C(=O)O)co2)CC1. The van der Waals surface area contributed by atoms with Gasteiger partial charge in [0, 0.05) is 32.2 Å². The van der Waals surface area contributed by atoms with Crippen LogP contribution in [0.2, 0.25) is 0 Å². The molecule has 0 atom stereocenters. The van der Waals surface area contributed by atoms with Gasteiger partial charge >= 0.3 is 5.97 Å². The van der Waals surface area contributed by atoms with Gasteiger partial charge in [-0.25, -0.2) is 17.5 Å². The zero-order chi connectivity index (χ0) is 17.2. The molecular formula is C14H20N2O6S. The molecule has 0 saturated carbocycles. The van der Waals surface area contributed by atoms with Gasteiger partial charge in [0.25, 0.3) is 5.91 Å². The largest absolute Gasteiger partial charge is 0.478 e. The number of piperidine rings is 1. The standard InChI is InChI=1S/C14H20N2O6S/c1-3-23(20,21)15(2)11-4-6-16(7-5-11)13(17)12-8-10(9-22-12)14(18)19/h8-9,11H,3-7H2,1-2H3,(H,18,19). The lowest BCUT2D eigenvalue weighted by molar-refractivity contribution is 0.0652. The number of likely N-dealkylation sites (tertiary alicyclic amines) is 1. The van der Waals surface area contributed by atoms with Crippen molar-refractivity contribution in [1.29, 1.82) is 0 Å². The van der Waals surface area contributed by atoms with Crippen molar-refractivity contribution in [3.05, 3.63) is 23.7 Å². The van der Waals surface area contributed by atoms with Crippen molar-refractivity contribution in [2.75, 3.05) is 25.9 Å². The van der Waals surface area contributed by atoms with Crippen LogP contribution in [0.1, 0.15) is 40.7 Å². The fourth-order valence-corrected chi connectivity index (χ4v) is 3.65. The van der Waals surface area contributed by atoms with E-state index in [9.17, 15) is 18.0 Å². The molecule has 2 heterocycles. The molecule has 1 aliphatic heterocycles. The predicted molar refractivity (Wildman–Crippen MR) is 81.8 cm³/mol. The summed E-state index contributed by atoms with van der Waals surface area (Å²) in [5.74, 6) is -1.50. The van der Waals surface area contributed by atoms with Crippen molar-refractivity contribution < 1.29 is 27.5 Å². The molecule has 9 heteroatoms. The maximum atomic E-state index is 12.3. The highest BCUT2D eigenvalue weighted by molar-refractivity contribution is 7.89. The number of carbonyl (C=O) groups excluding carboxylic acids is 1. The first-order valence-corrected chi connectivity index (χ1v) is 8.94. The van der Waals surface area contributed by atoms with E-state index in [4.69, 9.17) is 9.52 Å². The van der Waals surface area contributed by atoms with Crippen molar-refractivity contribution >= 4 is 21.9 Å². The second-order valence-corrected chi connectivity index (χ2v) is 7.76. The lowest BCUT2D eigenvalue weighted by Crippen LogP contribution is -2.47. The van der Waals surface area contributed by atoms with Gasteiger partial charge in [-0.3, -0.25) is 4.79 Å². The highest BCUT2D eigenvalue weighted by atomic mass is 32.2. The molecule has 0 radical (unpaired) electrons. The third-order valence-corrected chi connectivity index (χ3v) is 6.03. The summed E-state index contributed by atoms with van der Waals surface area (Å²) in [7, 11) is -1.69. The average Bonchev–Trinajstić information content (AvgIpc) is 3.04. The van der Waals surface area contributed by atoms with Crippen molar-refractivity contribution in [1.82, 2.24) is 9.21 Å². The van der Waals surface area contributed by atoms with Crippen LogP contribution in [0.4, 0.5) is 0 Å². The summed E-state index contributed by atoms with van der Waals surface area (Å²) in [6.07, 6.45) is 2.10. The molecule has 23 heavy (non-hydrogen) atoms. The van der Waals surface area contributed by atoms with Gasteiger partial charge in [0.1, 0.15) is 6.26 Å². The summed E-state index contributed by atoms with van der Waals surface area (Å²) in [6, 6.07) is 1.07. The summed E-state index contributed by atoms with van der Waals surface area (Å²) in [4.78, 5) is 24.6. The molecule has 0 aromatic carbocycles. The zero-order valence-electron chi connectivity index (χ0n) is 13.1. The summed E-state index contributed by atoms with van der Waals surface area (Å²) in [6.45, 7) is 2.40. The number of furan rings is 1. The van der Waals surface area contributed by atoms with Gasteiger partial charge in [-0.2, -0.15) is 0 Å². The Kier molecular flexibility index (Phi) is 5.10. The van der Waals surface area contributed by atoms with E-state index in [1.807, 2.05) is 0 Å². The van der Waals surface area contributed by atoms with Gasteiger partial charge < -0.3 is 14.4 Å². The molecule has 1 N–H and O–H groups in total. The van der Waals surface area contributed by atoms with Crippen molar-refractivity contribution in [3.8, 4) is 0 Å². The molecule has 8 nitrogen and oxygen atoms in total. The first-order chi connectivity index (χ1) is 10.8. The number of hydrogen-bond donors (Lipinski definition) is 1. The zero-order valence-corrected chi connectivity index (χ0v) is 13.9. The Hall–Kier alpha value is -1.87. The number of carbonyl (C=O) groups is 2. The van der Waals surface area contributed by atoms with E-state index in [-0.39, 0.29) is 29.0 Å². The minimum absolute atomic E-state index is 0.0182. The van der Waals surface area contributed by atoms with E-state index < -0.39 is 16.0 Å². The van der Waals surface area contributed by atoms with E-state index in [0.29, 0.717) is 25.9 Å². The van der Waals surface area contributed by atoms with Crippen LogP contribution in [-0.2, 0) is 10.0 Å². The molecular weight excluding hydrogens is 324 g/mol. The molecule has 1 aromatic rings. The van der Waals surface area contributed by atoms with Gasteiger partial charge in [-0.05, 0) is 19.8 Å². The Morgan fingerprint density at radius 3 is 2.48 bits per heavy atom. The van der Waals surface area contributed by atoms with Crippen molar-refractivity contribution in [2.45, 2.75) is 25.8 Å². The first kappa shape index (κ1) is 17.5. The highest BCUT2D eigenvalue weighted by Gasteiger charge is 2.31. The first-order valence-electron chi connectivity index (χ1n) is 7.33. The maximum Gasteiger partial charge on any atom is 0.338 e. The van der Waals surface area contributed by atoms with E-state index >= 15 is 0 Å². The van der Waals surface area contributed by atoms with Crippen LogP contribution in [-0.4, -0.2) is 66.5 Å². The number of carboxylic acids is 1. The summed E-state index contributed by atoms with van der Waals surface area (Å²) in [5.41, 5.74) is -0.0722. The Balaban J connectivity index is 1.98. The molecule has 0 bridgehead atoms. The minimum atomic E-state index is -3.25. The summed E-state index contributed by atoms with van der Waals surface area (Å²) in [5, 5.41) is 8.84. The average molecular weight is 344 g/mol. The van der Waals surface area contributed by atoms with Crippen LogP contribution >= 0.6 is 0 Å². The molecule has 128 valence electrons. The molecule has 1 amide bonds. The Labute approximate surface area is 134 Å². The Bertz CT molecular complexity index is 688. The van der Waals surface area contributed by atoms with E-state index in [1.165, 1.54) is 10.4 Å².